The molecule has 0 saturated heterocycles. The Labute approximate surface area is 126 Å². The summed E-state index contributed by atoms with van der Waals surface area (Å²) < 4.78 is 4.82. The van der Waals surface area contributed by atoms with Crippen LogP contribution in [0, 0.1) is 16.0 Å². The van der Waals surface area contributed by atoms with Crippen LogP contribution in [0.25, 0.3) is 0 Å². The van der Waals surface area contributed by atoms with Gasteiger partial charge in [-0.1, -0.05) is 25.4 Å². The van der Waals surface area contributed by atoms with Crippen molar-refractivity contribution in [2.45, 2.75) is 20.3 Å². The lowest BCUT2D eigenvalue weighted by molar-refractivity contribution is -0.384. The van der Waals surface area contributed by atoms with E-state index in [4.69, 9.17) is 16.3 Å². The number of nitrogens with zero attached hydrogens (tertiary/aromatic N) is 1. The highest BCUT2D eigenvalue weighted by atomic mass is 35.5. The molecule has 0 aliphatic carbocycles. The fourth-order valence-electron chi connectivity index (χ4n) is 1.35. The van der Waals surface area contributed by atoms with Gasteiger partial charge in [-0.3, -0.25) is 19.7 Å². The number of benzene rings is 1. The molecule has 0 heterocycles. The Morgan fingerprint density at radius 2 is 2.14 bits per heavy atom. The van der Waals surface area contributed by atoms with Crippen molar-refractivity contribution < 1.29 is 19.2 Å². The Morgan fingerprint density at radius 3 is 2.71 bits per heavy atom. The maximum atomic E-state index is 11.6. The molecule has 1 rings (SSSR count). The van der Waals surface area contributed by atoms with E-state index in [9.17, 15) is 19.7 Å². The molecule has 114 valence electrons. The SMILES string of the molecule is CCC(C)C(=O)OCC(=O)Nc1cc([N+](=O)[O-])ccc1Cl. The van der Waals surface area contributed by atoms with Crippen LogP contribution in [0.5, 0.6) is 0 Å². The van der Waals surface area contributed by atoms with Gasteiger partial charge in [0.25, 0.3) is 11.6 Å². The van der Waals surface area contributed by atoms with Crippen LogP contribution in [-0.4, -0.2) is 23.4 Å². The summed E-state index contributed by atoms with van der Waals surface area (Å²) >= 11 is 5.84. The van der Waals surface area contributed by atoms with Crippen LogP contribution >= 0.6 is 11.6 Å². The van der Waals surface area contributed by atoms with Crippen LogP contribution in [0.4, 0.5) is 11.4 Å². The molecular formula is C13H15ClN2O5. The van der Waals surface area contributed by atoms with E-state index in [1.54, 1.807) is 6.92 Å². The first-order valence-electron chi connectivity index (χ1n) is 6.25. The van der Waals surface area contributed by atoms with Crippen molar-refractivity contribution in [1.29, 1.82) is 0 Å². The Balaban J connectivity index is 2.65. The average molecular weight is 315 g/mol. The summed E-state index contributed by atoms with van der Waals surface area (Å²) in [5, 5.41) is 13.2. The lowest BCUT2D eigenvalue weighted by Crippen LogP contribution is -2.23. The molecule has 0 fully saturated rings. The molecule has 0 aliphatic rings. The molecule has 1 aromatic rings. The quantitative estimate of drug-likeness (QED) is 0.494. The van der Waals surface area contributed by atoms with Gasteiger partial charge in [-0.15, -0.1) is 0 Å². The number of rotatable bonds is 6. The van der Waals surface area contributed by atoms with Gasteiger partial charge in [0.2, 0.25) is 0 Å². The summed E-state index contributed by atoms with van der Waals surface area (Å²) in [6.45, 7) is 3.05. The van der Waals surface area contributed by atoms with Crippen molar-refractivity contribution in [2.75, 3.05) is 11.9 Å². The van der Waals surface area contributed by atoms with E-state index in [1.807, 2.05) is 6.92 Å². The number of nitro groups is 1. The molecule has 0 bridgehead atoms. The molecule has 0 saturated carbocycles. The fraction of sp³-hybridized carbons (Fsp3) is 0.385. The number of hydrogen-bond donors (Lipinski definition) is 1. The van der Waals surface area contributed by atoms with E-state index >= 15 is 0 Å². The molecule has 0 aromatic heterocycles. The van der Waals surface area contributed by atoms with Gasteiger partial charge in [0.15, 0.2) is 6.61 Å². The van der Waals surface area contributed by atoms with Crippen molar-refractivity contribution in [3.8, 4) is 0 Å². The molecule has 0 radical (unpaired) electrons. The highest BCUT2D eigenvalue weighted by Gasteiger charge is 2.16. The van der Waals surface area contributed by atoms with E-state index in [0.717, 1.165) is 6.07 Å². The van der Waals surface area contributed by atoms with Crippen molar-refractivity contribution in [3.63, 3.8) is 0 Å². The van der Waals surface area contributed by atoms with Gasteiger partial charge in [0.05, 0.1) is 21.6 Å². The number of nitrogens with one attached hydrogen (secondary N) is 1. The zero-order valence-corrected chi connectivity index (χ0v) is 12.3. The molecule has 21 heavy (non-hydrogen) atoms. The topological polar surface area (TPSA) is 98.5 Å². The van der Waals surface area contributed by atoms with Gasteiger partial charge in [-0.25, -0.2) is 0 Å². The third-order valence-corrected chi connectivity index (χ3v) is 3.12. The van der Waals surface area contributed by atoms with Crippen molar-refractivity contribution in [1.82, 2.24) is 0 Å². The van der Waals surface area contributed by atoms with Gasteiger partial charge in [-0.2, -0.15) is 0 Å². The number of amides is 1. The maximum absolute atomic E-state index is 11.6. The standard InChI is InChI=1S/C13H15ClN2O5/c1-3-8(2)13(18)21-7-12(17)15-11-6-9(16(19)20)4-5-10(11)14/h4-6,8H,3,7H2,1-2H3,(H,15,17). The number of anilines is 1. The number of ether oxygens (including phenoxy) is 1. The fourth-order valence-corrected chi connectivity index (χ4v) is 1.52. The number of carbonyl (C=O) groups excluding carboxylic acids is 2. The Kier molecular flexibility index (Phi) is 6.10. The van der Waals surface area contributed by atoms with Gasteiger partial charge in [0.1, 0.15) is 0 Å². The highest BCUT2D eigenvalue weighted by Crippen LogP contribution is 2.26. The Morgan fingerprint density at radius 1 is 1.48 bits per heavy atom. The Hall–Kier alpha value is -2.15. The van der Waals surface area contributed by atoms with Crippen molar-refractivity contribution >= 4 is 34.9 Å². The number of nitro benzene ring substituents is 1. The zero-order valence-electron chi connectivity index (χ0n) is 11.6. The van der Waals surface area contributed by atoms with Crippen molar-refractivity contribution in [2.24, 2.45) is 5.92 Å². The molecule has 1 N–H and O–H groups in total. The Bertz CT molecular complexity index is 561. The molecule has 8 heteroatoms. The summed E-state index contributed by atoms with van der Waals surface area (Å²) in [4.78, 5) is 33.1. The van der Waals surface area contributed by atoms with Crippen LogP contribution in [0.3, 0.4) is 0 Å². The number of non-ortho nitro benzene ring substituents is 1. The molecule has 1 aromatic carbocycles. The smallest absolute Gasteiger partial charge is 0.309 e. The van der Waals surface area contributed by atoms with Gasteiger partial charge in [0, 0.05) is 12.1 Å². The first kappa shape index (κ1) is 16.9. The maximum Gasteiger partial charge on any atom is 0.309 e. The normalized spacial score (nSPS) is 11.6. The first-order valence-corrected chi connectivity index (χ1v) is 6.63. The van der Waals surface area contributed by atoms with E-state index < -0.39 is 23.4 Å². The second-order valence-electron chi connectivity index (χ2n) is 4.39. The molecule has 1 unspecified atom stereocenters. The molecule has 0 aliphatic heterocycles. The van der Waals surface area contributed by atoms with Gasteiger partial charge < -0.3 is 10.1 Å². The second kappa shape index (κ2) is 7.58. The monoisotopic (exact) mass is 314 g/mol. The van der Waals surface area contributed by atoms with E-state index in [1.165, 1.54) is 12.1 Å². The molecule has 7 nitrogen and oxygen atoms in total. The lowest BCUT2D eigenvalue weighted by atomic mass is 10.1. The van der Waals surface area contributed by atoms with Crippen LogP contribution < -0.4 is 5.32 Å². The number of halogens is 1. The van der Waals surface area contributed by atoms with E-state index in [2.05, 4.69) is 5.32 Å². The van der Waals surface area contributed by atoms with Crippen LogP contribution in [-0.2, 0) is 14.3 Å². The number of carbonyl (C=O) groups is 2. The van der Waals surface area contributed by atoms with Crippen LogP contribution in [0.15, 0.2) is 18.2 Å². The average Bonchev–Trinajstić information content (AvgIpc) is 2.45. The summed E-state index contributed by atoms with van der Waals surface area (Å²) in [5.74, 6) is -1.38. The molecule has 1 atom stereocenters. The van der Waals surface area contributed by atoms with E-state index in [0.29, 0.717) is 6.42 Å². The zero-order chi connectivity index (χ0) is 16.0. The predicted octanol–water partition coefficient (Wildman–Crippen LogP) is 2.78. The van der Waals surface area contributed by atoms with Crippen LogP contribution in [0.1, 0.15) is 20.3 Å². The van der Waals surface area contributed by atoms with Crippen molar-refractivity contribution in [3.05, 3.63) is 33.3 Å². The van der Waals surface area contributed by atoms with Gasteiger partial charge in [-0.05, 0) is 12.5 Å². The first-order chi connectivity index (χ1) is 9.85. The highest BCUT2D eigenvalue weighted by molar-refractivity contribution is 6.33. The predicted molar refractivity (Wildman–Crippen MR) is 77.2 cm³/mol. The minimum atomic E-state index is -0.617. The lowest BCUT2D eigenvalue weighted by Gasteiger charge is -2.10. The summed E-state index contributed by atoms with van der Waals surface area (Å²) in [7, 11) is 0. The summed E-state index contributed by atoms with van der Waals surface area (Å²) in [6, 6.07) is 3.66. The molecular weight excluding hydrogens is 300 g/mol. The molecule has 0 spiro atoms. The summed E-state index contributed by atoms with van der Waals surface area (Å²) in [6.07, 6.45) is 0.608. The number of esters is 1. The minimum Gasteiger partial charge on any atom is -0.455 e. The van der Waals surface area contributed by atoms with Crippen LogP contribution in [0.2, 0.25) is 5.02 Å². The minimum absolute atomic E-state index is 0.0930. The molecule has 1 amide bonds. The van der Waals surface area contributed by atoms with Gasteiger partial charge >= 0.3 is 5.97 Å². The number of hydrogen-bond acceptors (Lipinski definition) is 5. The largest absolute Gasteiger partial charge is 0.455 e. The summed E-state index contributed by atoms with van der Waals surface area (Å²) in [5.41, 5.74) is -0.109. The third kappa shape index (κ3) is 5.03. The van der Waals surface area contributed by atoms with E-state index in [-0.39, 0.29) is 22.3 Å². The second-order valence-corrected chi connectivity index (χ2v) is 4.79. The third-order valence-electron chi connectivity index (χ3n) is 2.80.